The maximum Gasteiger partial charge on any atom is 0.410 e. The Hall–Kier alpha value is -1.33. The molecule has 0 aliphatic carbocycles. The Bertz CT molecular complexity index is 367. The molecule has 21 heavy (non-hydrogen) atoms. The summed E-state index contributed by atoms with van der Waals surface area (Å²) in [5, 5.41) is 0. The van der Waals surface area contributed by atoms with Crippen LogP contribution in [0.4, 0.5) is 9.18 Å². The summed E-state index contributed by atoms with van der Waals surface area (Å²) in [6.45, 7) is 8.19. The van der Waals surface area contributed by atoms with Crippen LogP contribution < -0.4 is 0 Å². The summed E-state index contributed by atoms with van der Waals surface area (Å²) in [6, 6.07) is 0. The van der Waals surface area contributed by atoms with E-state index in [9.17, 15) is 14.0 Å². The molecule has 0 aromatic heterocycles. The van der Waals surface area contributed by atoms with E-state index in [1.807, 2.05) is 20.8 Å². The van der Waals surface area contributed by atoms with Crippen LogP contribution in [0, 0.1) is 5.92 Å². The van der Waals surface area contributed by atoms with E-state index in [1.165, 1.54) is 0 Å². The number of carbonyl (C=O) groups excluding carboxylic acids is 2. The van der Waals surface area contributed by atoms with Crippen molar-refractivity contribution in [2.24, 2.45) is 5.92 Å². The molecule has 0 aromatic rings. The molecule has 0 aromatic carbocycles. The highest BCUT2D eigenvalue weighted by molar-refractivity contribution is 5.75. The first-order valence-corrected chi connectivity index (χ1v) is 7.53. The molecule has 0 spiro atoms. The van der Waals surface area contributed by atoms with Crippen LogP contribution in [0.1, 0.15) is 47.0 Å². The molecule has 1 saturated heterocycles. The lowest BCUT2D eigenvalue weighted by Crippen LogP contribution is -2.37. The molecule has 1 aliphatic rings. The van der Waals surface area contributed by atoms with Crippen molar-refractivity contribution in [3.8, 4) is 0 Å². The third-order valence-corrected chi connectivity index (χ3v) is 3.35. The molecule has 2 atom stereocenters. The maximum absolute atomic E-state index is 14.0. The summed E-state index contributed by atoms with van der Waals surface area (Å²) in [4.78, 5) is 25.0. The van der Waals surface area contributed by atoms with E-state index in [0.29, 0.717) is 32.4 Å². The van der Waals surface area contributed by atoms with E-state index < -0.39 is 23.7 Å². The Morgan fingerprint density at radius 3 is 2.52 bits per heavy atom. The van der Waals surface area contributed by atoms with Gasteiger partial charge in [0.25, 0.3) is 0 Å². The van der Waals surface area contributed by atoms with Gasteiger partial charge in [-0.2, -0.15) is 0 Å². The molecule has 0 saturated carbocycles. The molecule has 1 heterocycles. The van der Waals surface area contributed by atoms with Gasteiger partial charge in [-0.05, 0) is 47.0 Å². The lowest BCUT2D eigenvalue weighted by molar-refractivity contribution is -0.151. The van der Waals surface area contributed by atoms with Crippen LogP contribution in [-0.4, -0.2) is 48.4 Å². The quantitative estimate of drug-likeness (QED) is 0.752. The van der Waals surface area contributed by atoms with Crippen molar-refractivity contribution in [1.82, 2.24) is 4.90 Å². The van der Waals surface area contributed by atoms with Gasteiger partial charge in [-0.15, -0.1) is 0 Å². The zero-order chi connectivity index (χ0) is 16.0. The minimum Gasteiger partial charge on any atom is -0.464 e. The van der Waals surface area contributed by atoms with Gasteiger partial charge in [-0.1, -0.05) is 0 Å². The number of carbonyl (C=O) groups is 2. The standard InChI is InChI=1S/C15H26FNO4/c1-5-20-13(18)12(16)11-7-6-9-17(10-8-11)14(19)21-15(2,3)4/h11-12H,5-10H2,1-4H3. The van der Waals surface area contributed by atoms with Crippen molar-refractivity contribution < 1.29 is 23.5 Å². The zero-order valence-corrected chi connectivity index (χ0v) is 13.4. The van der Waals surface area contributed by atoms with Crippen LogP contribution in [-0.2, 0) is 14.3 Å². The number of halogens is 1. The van der Waals surface area contributed by atoms with Crippen LogP contribution in [0.15, 0.2) is 0 Å². The van der Waals surface area contributed by atoms with Crippen molar-refractivity contribution in [3.05, 3.63) is 0 Å². The summed E-state index contributed by atoms with van der Waals surface area (Å²) in [5.74, 6) is -1.19. The number of ether oxygens (including phenoxy) is 2. The Labute approximate surface area is 125 Å². The van der Waals surface area contributed by atoms with Gasteiger partial charge < -0.3 is 14.4 Å². The average molecular weight is 303 g/mol. The summed E-state index contributed by atoms with van der Waals surface area (Å²) < 4.78 is 24.1. The lowest BCUT2D eigenvalue weighted by Gasteiger charge is -2.26. The number of hydrogen-bond acceptors (Lipinski definition) is 4. The van der Waals surface area contributed by atoms with Gasteiger partial charge in [0.05, 0.1) is 6.61 Å². The predicted molar refractivity (Wildman–Crippen MR) is 76.7 cm³/mol. The van der Waals surface area contributed by atoms with Crippen LogP contribution >= 0.6 is 0 Å². The highest BCUT2D eigenvalue weighted by Crippen LogP contribution is 2.24. The number of nitrogens with zero attached hydrogens (tertiary/aromatic N) is 1. The maximum atomic E-state index is 14.0. The van der Waals surface area contributed by atoms with E-state index in [1.54, 1.807) is 11.8 Å². The molecule has 1 aliphatic heterocycles. The SMILES string of the molecule is CCOC(=O)C(F)C1CCCN(C(=O)OC(C)(C)C)CC1. The molecular formula is C15H26FNO4. The normalized spacial score (nSPS) is 21.4. The first-order valence-electron chi connectivity index (χ1n) is 7.53. The summed E-state index contributed by atoms with van der Waals surface area (Å²) >= 11 is 0. The number of hydrogen-bond donors (Lipinski definition) is 0. The molecule has 0 radical (unpaired) electrons. The molecular weight excluding hydrogens is 277 g/mol. The highest BCUT2D eigenvalue weighted by atomic mass is 19.1. The molecule has 5 nitrogen and oxygen atoms in total. The number of alkyl halides is 1. The summed E-state index contributed by atoms with van der Waals surface area (Å²) in [6.07, 6.45) is -0.319. The topological polar surface area (TPSA) is 55.8 Å². The second-order valence-corrected chi connectivity index (χ2v) is 6.31. The van der Waals surface area contributed by atoms with Gasteiger partial charge in [-0.25, -0.2) is 14.0 Å². The molecule has 1 fully saturated rings. The van der Waals surface area contributed by atoms with Gasteiger partial charge in [0.2, 0.25) is 0 Å². The largest absolute Gasteiger partial charge is 0.464 e. The average Bonchev–Trinajstić information content (AvgIpc) is 2.61. The Morgan fingerprint density at radius 2 is 1.95 bits per heavy atom. The number of rotatable bonds is 3. The molecule has 2 unspecified atom stereocenters. The monoisotopic (exact) mass is 303 g/mol. The van der Waals surface area contributed by atoms with E-state index in [0.717, 1.165) is 0 Å². The summed E-state index contributed by atoms with van der Waals surface area (Å²) in [5.41, 5.74) is -0.545. The van der Waals surface area contributed by atoms with Crippen molar-refractivity contribution >= 4 is 12.1 Å². The molecule has 0 bridgehead atoms. The third kappa shape index (κ3) is 5.89. The fourth-order valence-corrected chi connectivity index (χ4v) is 2.34. The van der Waals surface area contributed by atoms with Gasteiger partial charge in [0.15, 0.2) is 6.17 Å². The number of likely N-dealkylation sites (tertiary alicyclic amines) is 1. The van der Waals surface area contributed by atoms with Gasteiger partial charge in [0.1, 0.15) is 5.60 Å². The van der Waals surface area contributed by atoms with Crippen molar-refractivity contribution in [2.75, 3.05) is 19.7 Å². The second-order valence-electron chi connectivity index (χ2n) is 6.31. The fourth-order valence-electron chi connectivity index (χ4n) is 2.34. The lowest BCUT2D eigenvalue weighted by atomic mass is 9.95. The zero-order valence-electron chi connectivity index (χ0n) is 13.4. The number of amides is 1. The van der Waals surface area contributed by atoms with Crippen molar-refractivity contribution in [2.45, 2.75) is 58.7 Å². The fraction of sp³-hybridized carbons (Fsp3) is 0.867. The summed E-state index contributed by atoms with van der Waals surface area (Å²) in [7, 11) is 0. The minimum absolute atomic E-state index is 0.177. The Kier molecular flexibility index (Phi) is 6.42. The predicted octanol–water partition coefficient (Wildman–Crippen LogP) is 2.92. The Balaban J connectivity index is 2.54. The molecule has 1 amide bonds. The van der Waals surface area contributed by atoms with Crippen LogP contribution in [0.2, 0.25) is 0 Å². The molecule has 0 N–H and O–H groups in total. The smallest absolute Gasteiger partial charge is 0.410 e. The van der Waals surface area contributed by atoms with Crippen molar-refractivity contribution in [3.63, 3.8) is 0 Å². The second kappa shape index (κ2) is 7.61. The first kappa shape index (κ1) is 17.7. The van der Waals surface area contributed by atoms with E-state index in [2.05, 4.69) is 0 Å². The molecule has 1 rings (SSSR count). The van der Waals surface area contributed by atoms with Crippen LogP contribution in [0.3, 0.4) is 0 Å². The Morgan fingerprint density at radius 1 is 1.29 bits per heavy atom. The van der Waals surface area contributed by atoms with E-state index in [4.69, 9.17) is 9.47 Å². The van der Waals surface area contributed by atoms with Crippen LogP contribution in [0.5, 0.6) is 0 Å². The first-order chi connectivity index (χ1) is 9.74. The van der Waals surface area contributed by atoms with Crippen molar-refractivity contribution in [1.29, 1.82) is 0 Å². The molecule has 6 heteroatoms. The van der Waals surface area contributed by atoms with E-state index in [-0.39, 0.29) is 12.7 Å². The van der Waals surface area contributed by atoms with Crippen LogP contribution in [0.25, 0.3) is 0 Å². The van der Waals surface area contributed by atoms with Gasteiger partial charge >= 0.3 is 12.1 Å². The molecule has 122 valence electrons. The van der Waals surface area contributed by atoms with Gasteiger partial charge in [0, 0.05) is 19.0 Å². The third-order valence-electron chi connectivity index (χ3n) is 3.35. The minimum atomic E-state index is -1.61. The van der Waals surface area contributed by atoms with E-state index >= 15 is 0 Å². The van der Waals surface area contributed by atoms with Gasteiger partial charge in [-0.3, -0.25) is 0 Å². The highest BCUT2D eigenvalue weighted by Gasteiger charge is 2.32. The number of esters is 1.